The first-order valence-corrected chi connectivity index (χ1v) is 4.54. The second-order valence-electron chi connectivity index (χ2n) is 2.87. The molecule has 0 atom stereocenters. The van der Waals surface area contributed by atoms with E-state index < -0.39 is 0 Å². The molecule has 62 valence electrons. The smallest absolute Gasteiger partial charge is 0.0957 e. The summed E-state index contributed by atoms with van der Waals surface area (Å²) in [6.45, 7) is 6.28. The van der Waals surface area contributed by atoms with Gasteiger partial charge in [-0.2, -0.15) is 0 Å². The normalized spacial score (nSPS) is 11.0. The zero-order valence-electron chi connectivity index (χ0n) is 7.09. The molecule has 0 aliphatic carbocycles. The van der Waals surface area contributed by atoms with Gasteiger partial charge < -0.3 is 5.11 Å². The number of aliphatic hydroxyl groups excluding tert-OH is 1. The van der Waals surface area contributed by atoms with Crippen LogP contribution in [0.1, 0.15) is 35.3 Å². The molecule has 0 aromatic carbocycles. The van der Waals surface area contributed by atoms with Gasteiger partial charge in [0.25, 0.3) is 0 Å². The summed E-state index contributed by atoms with van der Waals surface area (Å²) in [5, 5.41) is 10.0. The molecule has 1 N–H and O–H groups in total. The number of aromatic nitrogens is 1. The Morgan fingerprint density at radius 3 is 2.45 bits per heavy atom. The van der Waals surface area contributed by atoms with Crippen LogP contribution in [0.25, 0.3) is 0 Å². The van der Waals surface area contributed by atoms with E-state index in [0.717, 1.165) is 15.6 Å². The molecule has 0 aliphatic heterocycles. The first-order valence-electron chi connectivity index (χ1n) is 3.72. The number of nitrogens with zero attached hydrogens (tertiary/aromatic N) is 1. The van der Waals surface area contributed by atoms with Crippen LogP contribution >= 0.6 is 11.3 Å². The molecule has 0 bridgehead atoms. The Labute approximate surface area is 70.9 Å². The molecule has 3 heteroatoms. The average Bonchev–Trinajstić information content (AvgIpc) is 2.31. The van der Waals surface area contributed by atoms with Crippen LogP contribution in [0.15, 0.2) is 0 Å². The second kappa shape index (κ2) is 3.32. The summed E-state index contributed by atoms with van der Waals surface area (Å²) in [6.07, 6.45) is 0. The van der Waals surface area contributed by atoms with Crippen molar-refractivity contribution in [1.82, 2.24) is 4.98 Å². The van der Waals surface area contributed by atoms with Crippen LogP contribution in [0.3, 0.4) is 0 Å². The van der Waals surface area contributed by atoms with Crippen molar-refractivity contribution in [2.75, 3.05) is 0 Å². The van der Waals surface area contributed by atoms with Gasteiger partial charge in [-0.1, -0.05) is 13.8 Å². The highest BCUT2D eigenvalue weighted by Crippen LogP contribution is 2.23. The van der Waals surface area contributed by atoms with Gasteiger partial charge in [-0.15, -0.1) is 11.3 Å². The van der Waals surface area contributed by atoms with Crippen molar-refractivity contribution in [3.63, 3.8) is 0 Å². The number of hydrogen-bond acceptors (Lipinski definition) is 3. The van der Waals surface area contributed by atoms with E-state index in [1.165, 1.54) is 0 Å². The van der Waals surface area contributed by atoms with Gasteiger partial charge >= 0.3 is 0 Å². The molecular weight excluding hydrogens is 158 g/mol. The number of rotatable bonds is 2. The van der Waals surface area contributed by atoms with Crippen LogP contribution in [0.2, 0.25) is 0 Å². The van der Waals surface area contributed by atoms with Crippen LogP contribution in [-0.2, 0) is 6.61 Å². The van der Waals surface area contributed by atoms with Crippen molar-refractivity contribution >= 4 is 11.3 Å². The summed E-state index contributed by atoms with van der Waals surface area (Å²) in [6, 6.07) is 0. The number of aliphatic hydroxyl groups is 1. The second-order valence-corrected chi connectivity index (χ2v) is 3.99. The summed E-state index contributed by atoms with van der Waals surface area (Å²) >= 11 is 1.61. The maximum Gasteiger partial charge on any atom is 0.0957 e. The van der Waals surface area contributed by atoms with E-state index >= 15 is 0 Å². The van der Waals surface area contributed by atoms with Crippen molar-refractivity contribution in [3.8, 4) is 0 Å². The SMILES string of the molecule is Cc1nc(C(C)C)sc1CO. The lowest BCUT2D eigenvalue weighted by atomic mass is 10.2. The molecule has 0 saturated heterocycles. The molecule has 0 fully saturated rings. The molecule has 0 unspecified atom stereocenters. The molecule has 1 rings (SSSR count). The van der Waals surface area contributed by atoms with E-state index in [0.29, 0.717) is 5.92 Å². The lowest BCUT2D eigenvalue weighted by Crippen LogP contribution is -1.84. The minimum Gasteiger partial charge on any atom is -0.391 e. The summed E-state index contributed by atoms with van der Waals surface area (Å²) in [7, 11) is 0. The maximum atomic E-state index is 8.88. The van der Waals surface area contributed by atoms with E-state index in [2.05, 4.69) is 18.8 Å². The Kier molecular flexibility index (Phi) is 2.62. The van der Waals surface area contributed by atoms with E-state index in [1.807, 2.05) is 6.92 Å². The molecule has 1 aromatic heterocycles. The molecule has 0 aliphatic rings. The van der Waals surface area contributed by atoms with Crippen molar-refractivity contribution in [3.05, 3.63) is 15.6 Å². The van der Waals surface area contributed by atoms with Gasteiger partial charge in [0, 0.05) is 5.92 Å². The van der Waals surface area contributed by atoms with Crippen LogP contribution in [0, 0.1) is 6.92 Å². The van der Waals surface area contributed by atoms with Gasteiger partial charge in [-0.3, -0.25) is 0 Å². The Hall–Kier alpha value is -0.410. The highest BCUT2D eigenvalue weighted by Gasteiger charge is 2.08. The van der Waals surface area contributed by atoms with E-state index in [4.69, 9.17) is 5.11 Å². The first kappa shape index (κ1) is 8.68. The maximum absolute atomic E-state index is 8.88. The molecule has 2 nitrogen and oxygen atoms in total. The quantitative estimate of drug-likeness (QED) is 0.739. The third-order valence-corrected chi connectivity index (χ3v) is 2.99. The molecular formula is C8H13NOS. The standard InChI is InChI=1S/C8H13NOS/c1-5(2)8-9-6(3)7(4-10)11-8/h5,10H,4H2,1-3H3. The zero-order valence-corrected chi connectivity index (χ0v) is 7.90. The predicted molar refractivity (Wildman–Crippen MR) is 46.9 cm³/mol. The van der Waals surface area contributed by atoms with E-state index in [1.54, 1.807) is 11.3 Å². The number of hydrogen-bond donors (Lipinski definition) is 1. The predicted octanol–water partition coefficient (Wildman–Crippen LogP) is 2.07. The van der Waals surface area contributed by atoms with Gasteiger partial charge in [-0.25, -0.2) is 4.98 Å². The summed E-state index contributed by atoms with van der Waals surface area (Å²) in [5.41, 5.74) is 0.973. The molecule has 0 spiro atoms. The largest absolute Gasteiger partial charge is 0.391 e. The van der Waals surface area contributed by atoms with Crippen molar-refractivity contribution in [2.24, 2.45) is 0 Å². The minimum atomic E-state index is 0.121. The summed E-state index contributed by atoms with van der Waals surface area (Å²) in [4.78, 5) is 5.33. The Bertz CT molecular complexity index is 242. The van der Waals surface area contributed by atoms with Crippen molar-refractivity contribution in [1.29, 1.82) is 0 Å². The Morgan fingerprint density at radius 1 is 1.55 bits per heavy atom. The lowest BCUT2D eigenvalue weighted by Gasteiger charge is -1.94. The molecule has 0 saturated carbocycles. The van der Waals surface area contributed by atoms with Gasteiger partial charge in [0.2, 0.25) is 0 Å². The zero-order chi connectivity index (χ0) is 8.43. The van der Waals surface area contributed by atoms with Crippen molar-refractivity contribution in [2.45, 2.75) is 33.3 Å². The van der Waals surface area contributed by atoms with Crippen LogP contribution in [0.5, 0.6) is 0 Å². The molecule has 0 amide bonds. The van der Waals surface area contributed by atoms with Gasteiger partial charge in [0.05, 0.1) is 22.2 Å². The van der Waals surface area contributed by atoms with E-state index in [-0.39, 0.29) is 6.61 Å². The number of aryl methyl sites for hydroxylation is 1. The molecule has 1 heterocycles. The third kappa shape index (κ3) is 1.79. The molecule has 0 radical (unpaired) electrons. The summed E-state index contributed by atoms with van der Waals surface area (Å²) < 4.78 is 0. The highest BCUT2D eigenvalue weighted by atomic mass is 32.1. The first-order chi connectivity index (χ1) is 5.15. The van der Waals surface area contributed by atoms with Crippen molar-refractivity contribution < 1.29 is 5.11 Å². The van der Waals surface area contributed by atoms with Crippen LogP contribution in [-0.4, -0.2) is 10.1 Å². The molecule has 11 heavy (non-hydrogen) atoms. The summed E-state index contributed by atoms with van der Waals surface area (Å²) in [5.74, 6) is 0.471. The molecule has 1 aromatic rings. The van der Waals surface area contributed by atoms with E-state index in [9.17, 15) is 0 Å². The van der Waals surface area contributed by atoms with Gasteiger partial charge in [0.1, 0.15) is 0 Å². The van der Waals surface area contributed by atoms with Gasteiger partial charge in [0.15, 0.2) is 0 Å². The fourth-order valence-electron chi connectivity index (χ4n) is 0.844. The fraction of sp³-hybridized carbons (Fsp3) is 0.625. The topological polar surface area (TPSA) is 33.1 Å². The van der Waals surface area contributed by atoms with Gasteiger partial charge in [-0.05, 0) is 6.92 Å². The fourth-order valence-corrected chi connectivity index (χ4v) is 1.77. The Balaban J connectivity index is 2.95. The Morgan fingerprint density at radius 2 is 2.18 bits per heavy atom. The minimum absolute atomic E-state index is 0.121. The third-order valence-electron chi connectivity index (χ3n) is 1.55. The average molecular weight is 171 g/mol. The monoisotopic (exact) mass is 171 g/mol. The van der Waals surface area contributed by atoms with Crippen LogP contribution in [0.4, 0.5) is 0 Å². The highest BCUT2D eigenvalue weighted by molar-refractivity contribution is 7.11. The number of thiazole rings is 1. The lowest BCUT2D eigenvalue weighted by molar-refractivity contribution is 0.284. The van der Waals surface area contributed by atoms with Crippen LogP contribution < -0.4 is 0 Å².